The van der Waals surface area contributed by atoms with Gasteiger partial charge in [-0.05, 0) is 35.7 Å². The third-order valence-corrected chi connectivity index (χ3v) is 9.66. The minimum atomic E-state index is -2.23. The van der Waals surface area contributed by atoms with Crippen LogP contribution in [-0.4, -0.2) is 42.7 Å². The molecule has 0 aliphatic heterocycles. The summed E-state index contributed by atoms with van der Waals surface area (Å²) in [4.78, 5) is 12.7. The SMILES string of the molecule is COC(=O)c1c(O[Si](C)(C)C(C)(C)C)cc2cc(OC)cc(OC)c2c1OC. The molecule has 0 aliphatic carbocycles. The second kappa shape index (κ2) is 7.91. The van der Waals surface area contributed by atoms with E-state index in [0.29, 0.717) is 28.4 Å². The Morgan fingerprint density at radius 2 is 1.54 bits per heavy atom. The monoisotopic (exact) mass is 406 g/mol. The number of carbonyl (C=O) groups is 1. The molecule has 28 heavy (non-hydrogen) atoms. The molecule has 0 saturated heterocycles. The fourth-order valence-corrected chi connectivity index (χ4v) is 3.72. The Hall–Kier alpha value is -2.41. The molecule has 6 nitrogen and oxygen atoms in total. The molecule has 0 aromatic heterocycles. The Kier molecular flexibility index (Phi) is 6.18. The van der Waals surface area contributed by atoms with Crippen molar-refractivity contribution in [3.05, 3.63) is 23.8 Å². The summed E-state index contributed by atoms with van der Waals surface area (Å²) in [5.41, 5.74) is 0.255. The van der Waals surface area contributed by atoms with E-state index >= 15 is 0 Å². The van der Waals surface area contributed by atoms with E-state index in [9.17, 15) is 4.79 Å². The zero-order valence-electron chi connectivity index (χ0n) is 18.2. The Labute approximate surface area is 167 Å². The summed E-state index contributed by atoms with van der Waals surface area (Å²) in [6, 6.07) is 5.44. The maximum Gasteiger partial charge on any atom is 0.345 e. The van der Waals surface area contributed by atoms with Crippen LogP contribution in [-0.2, 0) is 4.74 Å². The first kappa shape index (κ1) is 21.9. The van der Waals surface area contributed by atoms with Crippen molar-refractivity contribution in [2.24, 2.45) is 0 Å². The van der Waals surface area contributed by atoms with Gasteiger partial charge in [0, 0.05) is 6.07 Å². The first-order chi connectivity index (χ1) is 13.0. The van der Waals surface area contributed by atoms with Crippen molar-refractivity contribution in [3.8, 4) is 23.0 Å². The summed E-state index contributed by atoms with van der Waals surface area (Å²) < 4.78 is 28.1. The fourth-order valence-electron chi connectivity index (χ4n) is 2.70. The summed E-state index contributed by atoms with van der Waals surface area (Å²) >= 11 is 0. The average molecular weight is 407 g/mol. The van der Waals surface area contributed by atoms with Gasteiger partial charge < -0.3 is 23.4 Å². The molecule has 0 radical (unpaired) electrons. The number of methoxy groups -OCH3 is 4. The van der Waals surface area contributed by atoms with Crippen molar-refractivity contribution in [3.63, 3.8) is 0 Å². The lowest BCUT2D eigenvalue weighted by Gasteiger charge is -2.37. The molecule has 7 heteroatoms. The van der Waals surface area contributed by atoms with E-state index < -0.39 is 14.3 Å². The van der Waals surface area contributed by atoms with Gasteiger partial charge in [0.1, 0.15) is 28.6 Å². The third-order valence-electron chi connectivity index (χ3n) is 5.31. The number of rotatable bonds is 6. The van der Waals surface area contributed by atoms with Gasteiger partial charge in [0.25, 0.3) is 8.32 Å². The Balaban J connectivity index is 2.90. The van der Waals surface area contributed by atoms with E-state index in [1.807, 2.05) is 12.1 Å². The highest BCUT2D eigenvalue weighted by Crippen LogP contribution is 2.46. The molecule has 0 spiro atoms. The number of hydrogen-bond acceptors (Lipinski definition) is 6. The van der Waals surface area contributed by atoms with Crippen molar-refractivity contribution >= 4 is 25.1 Å². The molecule has 2 aromatic carbocycles. The quantitative estimate of drug-likeness (QED) is 0.495. The normalized spacial score (nSPS) is 11.9. The lowest BCUT2D eigenvalue weighted by Crippen LogP contribution is -2.44. The minimum absolute atomic E-state index is 0.0470. The first-order valence-corrected chi connectivity index (χ1v) is 12.0. The van der Waals surface area contributed by atoms with Crippen molar-refractivity contribution in [2.75, 3.05) is 28.4 Å². The highest BCUT2D eigenvalue weighted by molar-refractivity contribution is 6.74. The van der Waals surface area contributed by atoms with Crippen LogP contribution in [0.1, 0.15) is 31.1 Å². The molecule has 0 fully saturated rings. The summed E-state index contributed by atoms with van der Waals surface area (Å²) in [5, 5.41) is 1.40. The van der Waals surface area contributed by atoms with Crippen molar-refractivity contribution in [2.45, 2.75) is 38.9 Å². The lowest BCUT2D eigenvalue weighted by molar-refractivity contribution is 0.0595. The van der Waals surface area contributed by atoms with Gasteiger partial charge in [-0.3, -0.25) is 0 Å². The molecule has 0 unspecified atom stereocenters. The van der Waals surface area contributed by atoms with Gasteiger partial charge in [-0.1, -0.05) is 20.8 Å². The third kappa shape index (κ3) is 3.89. The summed E-state index contributed by atoms with van der Waals surface area (Å²) in [5.74, 6) is 1.45. The van der Waals surface area contributed by atoms with Gasteiger partial charge in [0.2, 0.25) is 0 Å². The predicted octanol–water partition coefficient (Wildman–Crippen LogP) is 5.04. The maximum absolute atomic E-state index is 12.7. The van der Waals surface area contributed by atoms with Crippen molar-refractivity contribution < 1.29 is 28.2 Å². The topological polar surface area (TPSA) is 63.2 Å². The number of fused-ring (bicyclic) bond motifs is 1. The lowest BCUT2D eigenvalue weighted by atomic mass is 10.0. The van der Waals surface area contributed by atoms with Crippen LogP contribution in [0.15, 0.2) is 18.2 Å². The van der Waals surface area contributed by atoms with E-state index in [2.05, 4.69) is 33.9 Å². The van der Waals surface area contributed by atoms with Gasteiger partial charge in [-0.2, -0.15) is 0 Å². The molecule has 2 rings (SSSR count). The summed E-state index contributed by atoms with van der Waals surface area (Å²) in [6.45, 7) is 10.7. The number of esters is 1. The van der Waals surface area contributed by atoms with E-state index in [1.54, 1.807) is 20.3 Å². The smallest absolute Gasteiger partial charge is 0.345 e. The summed E-state index contributed by atoms with van der Waals surface area (Å²) in [6.07, 6.45) is 0. The van der Waals surface area contributed by atoms with Gasteiger partial charge in [-0.25, -0.2) is 4.79 Å². The fraction of sp³-hybridized carbons (Fsp3) is 0.476. The van der Waals surface area contributed by atoms with E-state index in [4.69, 9.17) is 23.4 Å². The van der Waals surface area contributed by atoms with Gasteiger partial charge in [0.15, 0.2) is 0 Å². The van der Waals surface area contributed by atoms with Crippen molar-refractivity contribution in [1.29, 1.82) is 0 Å². The maximum atomic E-state index is 12.7. The van der Waals surface area contributed by atoms with Crippen LogP contribution >= 0.6 is 0 Å². The first-order valence-electron chi connectivity index (χ1n) is 9.04. The molecule has 0 bridgehead atoms. The molecular weight excluding hydrogens is 376 g/mol. The highest BCUT2D eigenvalue weighted by atomic mass is 28.4. The molecule has 2 aromatic rings. The molecule has 0 heterocycles. The highest BCUT2D eigenvalue weighted by Gasteiger charge is 2.40. The number of carbonyl (C=O) groups excluding carboxylic acids is 1. The standard InChI is InChI=1S/C21H30O6Si/c1-21(2,3)28(8,9)27-16-11-13-10-14(23-4)12-15(24-5)17(13)19(25-6)18(16)20(22)26-7/h10-12H,1-9H3. The summed E-state index contributed by atoms with van der Waals surface area (Å²) in [7, 11) is 3.78. The Morgan fingerprint density at radius 3 is 2.00 bits per heavy atom. The number of hydrogen-bond donors (Lipinski definition) is 0. The Bertz CT molecular complexity index is 883. The van der Waals surface area contributed by atoms with Gasteiger partial charge >= 0.3 is 5.97 Å². The van der Waals surface area contributed by atoms with Crippen LogP contribution < -0.4 is 18.6 Å². The van der Waals surface area contributed by atoms with Crippen LogP contribution in [0.4, 0.5) is 0 Å². The van der Waals surface area contributed by atoms with Crippen LogP contribution in [0.25, 0.3) is 10.8 Å². The second-order valence-electron chi connectivity index (χ2n) is 8.06. The molecule has 0 aliphatic rings. The Morgan fingerprint density at radius 1 is 0.893 bits per heavy atom. The van der Waals surface area contributed by atoms with Crippen LogP contribution in [0.5, 0.6) is 23.0 Å². The zero-order chi connectivity index (χ0) is 21.3. The molecule has 0 amide bonds. The van der Waals surface area contributed by atoms with E-state index in [1.165, 1.54) is 14.2 Å². The van der Waals surface area contributed by atoms with Gasteiger partial charge in [0.05, 0.1) is 33.8 Å². The van der Waals surface area contributed by atoms with E-state index in [0.717, 1.165) is 5.39 Å². The average Bonchev–Trinajstić information content (AvgIpc) is 2.63. The molecule has 0 N–H and O–H groups in total. The minimum Gasteiger partial charge on any atom is -0.543 e. The molecule has 0 atom stereocenters. The second-order valence-corrected chi connectivity index (χ2v) is 12.8. The zero-order valence-corrected chi connectivity index (χ0v) is 19.2. The molecule has 0 saturated carbocycles. The van der Waals surface area contributed by atoms with Crippen molar-refractivity contribution in [1.82, 2.24) is 0 Å². The number of benzene rings is 2. The predicted molar refractivity (Wildman–Crippen MR) is 113 cm³/mol. The van der Waals surface area contributed by atoms with Crippen LogP contribution in [0.3, 0.4) is 0 Å². The van der Waals surface area contributed by atoms with Crippen LogP contribution in [0.2, 0.25) is 18.1 Å². The largest absolute Gasteiger partial charge is 0.543 e. The van der Waals surface area contributed by atoms with Crippen LogP contribution in [0, 0.1) is 0 Å². The molecular formula is C21H30O6Si. The molecule has 154 valence electrons. The van der Waals surface area contributed by atoms with E-state index in [-0.39, 0.29) is 10.6 Å². The number of ether oxygens (including phenoxy) is 4. The van der Waals surface area contributed by atoms with Gasteiger partial charge in [-0.15, -0.1) is 0 Å².